The van der Waals surface area contributed by atoms with Crippen molar-refractivity contribution in [2.75, 3.05) is 46.9 Å². The van der Waals surface area contributed by atoms with Crippen LogP contribution in [0.2, 0.25) is 0 Å². The van der Waals surface area contributed by atoms with Crippen molar-refractivity contribution in [3.05, 3.63) is 0 Å². The van der Waals surface area contributed by atoms with Crippen molar-refractivity contribution in [1.82, 2.24) is 15.5 Å². The van der Waals surface area contributed by atoms with Crippen molar-refractivity contribution in [2.24, 2.45) is 0 Å². The Balaban J connectivity index is 1.90. The number of carbonyl (C=O) groups is 1. The van der Waals surface area contributed by atoms with Crippen LogP contribution in [0.3, 0.4) is 0 Å². The lowest BCUT2D eigenvalue weighted by Gasteiger charge is -2.12. The van der Waals surface area contributed by atoms with Crippen molar-refractivity contribution in [2.45, 2.75) is 25.4 Å². The molecule has 0 spiro atoms. The molecule has 100 valence electrons. The monoisotopic (exact) mass is 243 g/mol. The molecule has 1 unspecified atom stereocenters. The van der Waals surface area contributed by atoms with Gasteiger partial charge in [0.05, 0.1) is 12.6 Å². The van der Waals surface area contributed by atoms with Gasteiger partial charge in [0.1, 0.15) is 0 Å². The van der Waals surface area contributed by atoms with Gasteiger partial charge in [-0.3, -0.25) is 4.79 Å². The fourth-order valence-electron chi connectivity index (χ4n) is 1.82. The summed E-state index contributed by atoms with van der Waals surface area (Å²) in [4.78, 5) is 13.6. The van der Waals surface area contributed by atoms with Gasteiger partial charge in [-0.05, 0) is 46.4 Å². The molecule has 1 aliphatic heterocycles. The quantitative estimate of drug-likeness (QED) is 0.581. The second kappa shape index (κ2) is 8.44. The summed E-state index contributed by atoms with van der Waals surface area (Å²) in [5.41, 5.74) is 0. The molecule has 0 bridgehead atoms. The molecule has 0 aromatic rings. The second-order valence-corrected chi connectivity index (χ2v) is 4.77. The van der Waals surface area contributed by atoms with E-state index in [4.69, 9.17) is 4.74 Å². The number of carbonyl (C=O) groups excluding carboxylic acids is 1. The highest BCUT2D eigenvalue weighted by atomic mass is 16.5. The normalized spacial score (nSPS) is 19.8. The van der Waals surface area contributed by atoms with E-state index < -0.39 is 0 Å². The summed E-state index contributed by atoms with van der Waals surface area (Å²) < 4.78 is 5.43. The molecule has 0 radical (unpaired) electrons. The predicted molar refractivity (Wildman–Crippen MR) is 68.0 cm³/mol. The van der Waals surface area contributed by atoms with Crippen LogP contribution in [0.15, 0.2) is 0 Å². The maximum absolute atomic E-state index is 11.5. The van der Waals surface area contributed by atoms with Crippen LogP contribution in [0.5, 0.6) is 0 Å². The molecule has 1 atom stereocenters. The van der Waals surface area contributed by atoms with Gasteiger partial charge in [0.2, 0.25) is 5.91 Å². The Morgan fingerprint density at radius 1 is 1.47 bits per heavy atom. The highest BCUT2D eigenvalue weighted by molar-refractivity contribution is 5.77. The summed E-state index contributed by atoms with van der Waals surface area (Å²) >= 11 is 0. The minimum absolute atomic E-state index is 0.0605. The fraction of sp³-hybridized carbons (Fsp3) is 0.917. The van der Waals surface area contributed by atoms with Crippen LogP contribution in [0, 0.1) is 0 Å². The average Bonchev–Trinajstić information content (AvgIpc) is 2.78. The van der Waals surface area contributed by atoms with Crippen LogP contribution in [0.1, 0.15) is 19.3 Å². The van der Waals surface area contributed by atoms with E-state index in [9.17, 15) is 4.79 Å². The van der Waals surface area contributed by atoms with Gasteiger partial charge in [-0.2, -0.15) is 0 Å². The SMILES string of the molecule is CN(C)CCCNCC(=O)NCC1CCCO1. The Morgan fingerprint density at radius 2 is 2.29 bits per heavy atom. The van der Waals surface area contributed by atoms with Crippen LogP contribution < -0.4 is 10.6 Å². The molecule has 1 amide bonds. The maximum Gasteiger partial charge on any atom is 0.234 e. The van der Waals surface area contributed by atoms with Gasteiger partial charge in [-0.25, -0.2) is 0 Å². The fourth-order valence-corrected chi connectivity index (χ4v) is 1.82. The van der Waals surface area contributed by atoms with E-state index in [2.05, 4.69) is 15.5 Å². The Bertz CT molecular complexity index is 216. The van der Waals surface area contributed by atoms with Gasteiger partial charge in [0.15, 0.2) is 0 Å². The van der Waals surface area contributed by atoms with Crippen LogP contribution in [0.4, 0.5) is 0 Å². The minimum atomic E-state index is 0.0605. The third-order valence-corrected chi connectivity index (χ3v) is 2.80. The van der Waals surface area contributed by atoms with Crippen LogP contribution in [-0.2, 0) is 9.53 Å². The Morgan fingerprint density at radius 3 is 2.94 bits per heavy atom. The van der Waals surface area contributed by atoms with Crippen molar-refractivity contribution in [3.63, 3.8) is 0 Å². The first kappa shape index (κ1) is 14.4. The summed E-state index contributed by atoms with van der Waals surface area (Å²) in [6.45, 7) is 3.82. The first-order valence-corrected chi connectivity index (χ1v) is 6.42. The topological polar surface area (TPSA) is 53.6 Å². The molecule has 1 rings (SSSR count). The molecule has 5 nitrogen and oxygen atoms in total. The summed E-state index contributed by atoms with van der Waals surface area (Å²) in [5.74, 6) is 0.0605. The number of amides is 1. The molecule has 5 heteroatoms. The molecular formula is C12H25N3O2. The lowest BCUT2D eigenvalue weighted by Crippen LogP contribution is -2.38. The van der Waals surface area contributed by atoms with Crippen LogP contribution in [-0.4, -0.2) is 63.8 Å². The lowest BCUT2D eigenvalue weighted by atomic mass is 10.2. The molecule has 0 aliphatic carbocycles. The number of hydrogen-bond donors (Lipinski definition) is 2. The molecule has 1 aliphatic rings. The molecule has 1 fully saturated rings. The predicted octanol–water partition coefficient (Wildman–Crippen LogP) is -0.177. The number of nitrogens with one attached hydrogen (secondary N) is 2. The zero-order valence-electron chi connectivity index (χ0n) is 11.0. The molecule has 0 saturated carbocycles. The number of ether oxygens (including phenoxy) is 1. The van der Waals surface area contributed by atoms with Crippen molar-refractivity contribution in [3.8, 4) is 0 Å². The van der Waals surface area contributed by atoms with Crippen LogP contribution in [0.25, 0.3) is 0 Å². The van der Waals surface area contributed by atoms with E-state index in [1.54, 1.807) is 0 Å². The molecule has 1 heterocycles. The van der Waals surface area contributed by atoms with Crippen molar-refractivity contribution >= 4 is 5.91 Å². The first-order valence-electron chi connectivity index (χ1n) is 6.42. The second-order valence-electron chi connectivity index (χ2n) is 4.77. The average molecular weight is 243 g/mol. The number of rotatable bonds is 8. The van der Waals surface area contributed by atoms with Gasteiger partial charge in [-0.15, -0.1) is 0 Å². The molecule has 2 N–H and O–H groups in total. The van der Waals surface area contributed by atoms with Gasteiger partial charge in [0.25, 0.3) is 0 Å². The highest BCUT2D eigenvalue weighted by Crippen LogP contribution is 2.10. The van der Waals surface area contributed by atoms with E-state index in [1.165, 1.54) is 0 Å². The van der Waals surface area contributed by atoms with E-state index in [-0.39, 0.29) is 12.0 Å². The number of hydrogen-bond acceptors (Lipinski definition) is 4. The first-order chi connectivity index (χ1) is 8.18. The van der Waals surface area contributed by atoms with E-state index >= 15 is 0 Å². The Labute approximate surface area is 104 Å². The van der Waals surface area contributed by atoms with Gasteiger partial charge in [-0.1, -0.05) is 0 Å². The molecule has 0 aromatic heterocycles. The van der Waals surface area contributed by atoms with Gasteiger partial charge in [0, 0.05) is 13.2 Å². The molecular weight excluding hydrogens is 218 g/mol. The lowest BCUT2D eigenvalue weighted by molar-refractivity contribution is -0.120. The van der Waals surface area contributed by atoms with E-state index in [1.807, 2.05) is 14.1 Å². The summed E-state index contributed by atoms with van der Waals surface area (Å²) in [5, 5.41) is 6.02. The van der Waals surface area contributed by atoms with E-state index in [0.29, 0.717) is 13.1 Å². The molecule has 0 aromatic carbocycles. The summed E-state index contributed by atoms with van der Waals surface area (Å²) in [6.07, 6.45) is 3.47. The maximum atomic E-state index is 11.5. The zero-order chi connectivity index (χ0) is 12.5. The standard InChI is InChI=1S/C12H25N3O2/c1-15(2)7-4-6-13-10-12(16)14-9-11-5-3-8-17-11/h11,13H,3-10H2,1-2H3,(H,14,16). The van der Waals surface area contributed by atoms with Crippen LogP contribution >= 0.6 is 0 Å². The molecule has 1 saturated heterocycles. The van der Waals surface area contributed by atoms with Crippen molar-refractivity contribution < 1.29 is 9.53 Å². The largest absolute Gasteiger partial charge is 0.376 e. The van der Waals surface area contributed by atoms with Crippen molar-refractivity contribution in [1.29, 1.82) is 0 Å². The highest BCUT2D eigenvalue weighted by Gasteiger charge is 2.15. The van der Waals surface area contributed by atoms with Gasteiger partial charge < -0.3 is 20.3 Å². The summed E-state index contributed by atoms with van der Waals surface area (Å²) in [7, 11) is 4.10. The Kier molecular flexibility index (Phi) is 7.16. The van der Waals surface area contributed by atoms with E-state index in [0.717, 1.165) is 39.0 Å². The number of nitrogens with zero attached hydrogens (tertiary/aromatic N) is 1. The zero-order valence-corrected chi connectivity index (χ0v) is 11.0. The van der Waals surface area contributed by atoms with Gasteiger partial charge >= 0.3 is 0 Å². The minimum Gasteiger partial charge on any atom is -0.376 e. The molecule has 17 heavy (non-hydrogen) atoms. The smallest absolute Gasteiger partial charge is 0.234 e. The Hall–Kier alpha value is -0.650. The third-order valence-electron chi connectivity index (χ3n) is 2.80. The third kappa shape index (κ3) is 7.31. The summed E-state index contributed by atoms with van der Waals surface area (Å²) in [6, 6.07) is 0.